The maximum absolute atomic E-state index is 14.4. The fourth-order valence-corrected chi connectivity index (χ4v) is 7.29. The zero-order chi connectivity index (χ0) is 31.8. The van der Waals surface area contributed by atoms with Gasteiger partial charge < -0.3 is 14.4 Å². The number of aromatic nitrogens is 1. The van der Waals surface area contributed by atoms with Crippen LogP contribution in [-0.2, 0) is 9.53 Å². The zero-order valence-electron chi connectivity index (χ0n) is 25.6. The van der Waals surface area contributed by atoms with Gasteiger partial charge in [0.15, 0.2) is 4.80 Å². The van der Waals surface area contributed by atoms with Gasteiger partial charge in [-0.15, -0.1) is 0 Å². The van der Waals surface area contributed by atoms with Crippen LogP contribution in [0.3, 0.4) is 0 Å². The van der Waals surface area contributed by atoms with Crippen LogP contribution < -0.4 is 24.5 Å². The van der Waals surface area contributed by atoms with Gasteiger partial charge in [-0.05, 0) is 61.6 Å². The first-order valence-electron chi connectivity index (χ1n) is 15.0. The third kappa shape index (κ3) is 5.52. The number of hydrogen-bond acceptors (Lipinski definition) is 9. The minimum absolute atomic E-state index is 0.0537. The number of non-ortho nitro benzene ring substituents is 1. The number of carbonyl (C=O) groups excluding carboxylic acids is 1. The van der Waals surface area contributed by atoms with E-state index in [4.69, 9.17) is 14.5 Å². The van der Waals surface area contributed by atoms with Crippen molar-refractivity contribution < 1.29 is 19.2 Å². The van der Waals surface area contributed by atoms with E-state index in [2.05, 4.69) is 11.8 Å². The summed E-state index contributed by atoms with van der Waals surface area (Å²) >= 11 is 1.19. The lowest BCUT2D eigenvalue weighted by atomic mass is 9.90. The van der Waals surface area contributed by atoms with Gasteiger partial charge in [-0.25, -0.2) is 9.79 Å². The molecule has 0 N–H and O–H groups in total. The summed E-state index contributed by atoms with van der Waals surface area (Å²) in [6.07, 6.45) is 3.74. The van der Waals surface area contributed by atoms with E-state index in [-0.39, 0.29) is 23.4 Å². The highest BCUT2D eigenvalue weighted by Crippen LogP contribution is 2.40. The second kappa shape index (κ2) is 12.3. The van der Waals surface area contributed by atoms with Gasteiger partial charge in [-0.1, -0.05) is 48.6 Å². The fourth-order valence-electron chi connectivity index (χ4n) is 6.25. The highest BCUT2D eigenvalue weighted by atomic mass is 32.1. The number of thiazole rings is 1. The molecule has 11 heteroatoms. The quantitative estimate of drug-likeness (QED) is 0.159. The predicted octanol–water partition coefficient (Wildman–Crippen LogP) is 5.10. The molecule has 1 fully saturated rings. The average molecular weight is 627 g/mol. The van der Waals surface area contributed by atoms with Crippen LogP contribution in [0.1, 0.15) is 50.8 Å². The first kappa shape index (κ1) is 30.3. The van der Waals surface area contributed by atoms with Crippen molar-refractivity contribution in [2.75, 3.05) is 31.7 Å². The van der Waals surface area contributed by atoms with Crippen LogP contribution in [0.2, 0.25) is 0 Å². The van der Waals surface area contributed by atoms with E-state index < -0.39 is 16.9 Å². The van der Waals surface area contributed by atoms with Gasteiger partial charge in [0.25, 0.3) is 11.2 Å². The number of benzene rings is 3. The highest BCUT2D eigenvalue weighted by Gasteiger charge is 2.36. The number of methoxy groups -OCH3 is 1. The fraction of sp³-hybridized carbons (Fsp3) is 0.324. The molecule has 0 aliphatic carbocycles. The van der Waals surface area contributed by atoms with E-state index in [1.807, 2.05) is 36.4 Å². The first-order valence-corrected chi connectivity index (χ1v) is 15.8. The molecule has 1 saturated heterocycles. The van der Waals surface area contributed by atoms with E-state index in [1.165, 1.54) is 28.0 Å². The van der Waals surface area contributed by atoms with Crippen molar-refractivity contribution in [1.29, 1.82) is 0 Å². The molecule has 0 unspecified atom stereocenters. The Labute approximate surface area is 263 Å². The summed E-state index contributed by atoms with van der Waals surface area (Å²) in [5.74, 6) is 0.563. The Morgan fingerprint density at radius 2 is 1.91 bits per heavy atom. The summed E-state index contributed by atoms with van der Waals surface area (Å²) in [4.78, 5) is 46.6. The van der Waals surface area contributed by atoms with Crippen molar-refractivity contribution >= 4 is 45.5 Å². The number of esters is 1. The number of hydrogen-bond donors (Lipinski definition) is 0. The number of nitro benzene ring substituents is 1. The van der Waals surface area contributed by atoms with Crippen molar-refractivity contribution in [3.8, 4) is 5.75 Å². The molecule has 0 amide bonds. The van der Waals surface area contributed by atoms with Crippen LogP contribution in [0.4, 0.5) is 11.4 Å². The Morgan fingerprint density at radius 3 is 2.62 bits per heavy atom. The molecule has 6 rings (SSSR count). The van der Waals surface area contributed by atoms with Gasteiger partial charge in [-0.3, -0.25) is 19.5 Å². The number of allylic oxidation sites excluding steroid dienone is 1. The highest BCUT2D eigenvalue weighted by molar-refractivity contribution is 7.07. The third-order valence-electron chi connectivity index (χ3n) is 8.57. The van der Waals surface area contributed by atoms with Crippen LogP contribution in [0.25, 0.3) is 16.8 Å². The number of ether oxygens (including phenoxy) is 2. The maximum atomic E-state index is 14.4. The summed E-state index contributed by atoms with van der Waals surface area (Å²) < 4.78 is 13.2. The second-order valence-electron chi connectivity index (χ2n) is 11.4. The smallest absolute Gasteiger partial charge is 0.338 e. The Balaban J connectivity index is 1.61. The van der Waals surface area contributed by atoms with Crippen molar-refractivity contribution in [1.82, 2.24) is 4.57 Å². The van der Waals surface area contributed by atoms with Gasteiger partial charge in [0.1, 0.15) is 11.8 Å². The van der Waals surface area contributed by atoms with Crippen LogP contribution in [-0.4, -0.2) is 42.3 Å². The molecule has 10 nitrogen and oxygen atoms in total. The monoisotopic (exact) mass is 626 g/mol. The topological polar surface area (TPSA) is 116 Å². The molecule has 0 radical (unpaired) electrons. The molecule has 1 aromatic heterocycles. The Hall–Kier alpha value is -4.77. The van der Waals surface area contributed by atoms with E-state index in [9.17, 15) is 19.7 Å². The molecule has 0 spiro atoms. The largest absolute Gasteiger partial charge is 0.496 e. The lowest BCUT2D eigenvalue weighted by molar-refractivity contribution is -0.384. The number of nitro groups is 1. The Kier molecular flexibility index (Phi) is 8.28. The number of rotatable bonds is 7. The van der Waals surface area contributed by atoms with Crippen molar-refractivity contribution in [3.63, 3.8) is 0 Å². The third-order valence-corrected chi connectivity index (χ3v) is 9.56. The van der Waals surface area contributed by atoms with E-state index in [1.54, 1.807) is 33.1 Å². The van der Waals surface area contributed by atoms with E-state index in [0.717, 1.165) is 42.4 Å². The van der Waals surface area contributed by atoms with Crippen molar-refractivity contribution in [2.45, 2.75) is 39.7 Å². The summed E-state index contributed by atoms with van der Waals surface area (Å²) in [7, 11) is 1.56. The van der Waals surface area contributed by atoms with Gasteiger partial charge in [0.05, 0.1) is 34.4 Å². The summed E-state index contributed by atoms with van der Waals surface area (Å²) in [6.45, 7) is 7.50. The SMILES string of the molecule is CCOC(=O)C1=C(C)N=c2s/c(=C/c3cc([N+](=O)[O-])ccc3N3CCC(C)CC3)c(=O)n2[C@@H]1c1c(OC)ccc2ccccc12. The molecule has 2 aliphatic rings. The molecule has 45 heavy (non-hydrogen) atoms. The van der Waals surface area contributed by atoms with Gasteiger partial charge in [-0.2, -0.15) is 0 Å². The zero-order valence-corrected chi connectivity index (χ0v) is 26.4. The van der Waals surface area contributed by atoms with Gasteiger partial charge in [0.2, 0.25) is 0 Å². The predicted molar refractivity (Wildman–Crippen MR) is 175 cm³/mol. The Morgan fingerprint density at radius 1 is 1.16 bits per heavy atom. The van der Waals surface area contributed by atoms with Gasteiger partial charge in [0, 0.05) is 42.0 Å². The molecule has 3 aromatic carbocycles. The lowest BCUT2D eigenvalue weighted by Gasteiger charge is -2.33. The minimum atomic E-state index is -0.878. The standard InChI is InChI=1S/C34H34N4O6S/c1-5-44-33(40)29-21(3)35-34-37(31(29)30-25-9-7-6-8-22(25)10-13-27(30)43-4)32(39)28(45-34)19-23-18-24(38(41)42)11-12-26(23)36-16-14-20(2)15-17-36/h6-13,18-20,31H,5,14-17H2,1-4H3/b28-19+/t31-/m0/s1. The number of piperidine rings is 1. The molecular formula is C34H34N4O6S. The van der Waals surface area contributed by atoms with Gasteiger partial charge >= 0.3 is 5.97 Å². The first-order chi connectivity index (χ1) is 21.7. The second-order valence-corrected chi connectivity index (χ2v) is 12.4. The molecule has 0 saturated carbocycles. The molecule has 2 aliphatic heterocycles. The van der Waals surface area contributed by atoms with Crippen molar-refractivity contribution in [3.05, 3.63) is 107 Å². The molecular weight excluding hydrogens is 592 g/mol. The normalized spacial score (nSPS) is 17.3. The number of fused-ring (bicyclic) bond motifs is 2. The van der Waals surface area contributed by atoms with Crippen molar-refractivity contribution in [2.24, 2.45) is 10.9 Å². The molecule has 1 atom stereocenters. The maximum Gasteiger partial charge on any atom is 0.338 e. The van der Waals surface area contributed by atoms with Crippen LogP contribution in [0.15, 0.2) is 75.7 Å². The van der Waals surface area contributed by atoms with Crippen LogP contribution >= 0.6 is 11.3 Å². The molecule has 0 bridgehead atoms. The number of nitrogens with zero attached hydrogens (tertiary/aromatic N) is 4. The van der Waals surface area contributed by atoms with Crippen LogP contribution in [0, 0.1) is 16.0 Å². The lowest BCUT2D eigenvalue weighted by Crippen LogP contribution is -2.40. The van der Waals surface area contributed by atoms with E-state index in [0.29, 0.717) is 37.8 Å². The minimum Gasteiger partial charge on any atom is -0.496 e. The van der Waals surface area contributed by atoms with Crippen LogP contribution in [0.5, 0.6) is 5.75 Å². The summed E-state index contributed by atoms with van der Waals surface area (Å²) in [6, 6.07) is 15.4. The van der Waals surface area contributed by atoms with E-state index >= 15 is 0 Å². The molecule has 3 heterocycles. The summed E-state index contributed by atoms with van der Waals surface area (Å²) in [5, 5.41) is 13.5. The molecule has 4 aromatic rings. The average Bonchev–Trinajstić information content (AvgIpc) is 3.34. The number of carbonyl (C=O) groups is 1. The summed E-state index contributed by atoms with van der Waals surface area (Å²) in [5.41, 5.74) is 2.36. The molecule has 232 valence electrons. The Bertz CT molecular complexity index is 2040. The number of anilines is 1.